The van der Waals surface area contributed by atoms with Crippen LogP contribution in [0.4, 0.5) is 5.82 Å². The van der Waals surface area contributed by atoms with Gasteiger partial charge in [-0.3, -0.25) is 9.50 Å². The van der Waals surface area contributed by atoms with Crippen LogP contribution < -0.4 is 4.90 Å². The van der Waals surface area contributed by atoms with Gasteiger partial charge in [0.15, 0.2) is 11.5 Å². The van der Waals surface area contributed by atoms with Crippen LogP contribution >= 0.6 is 0 Å². The standard InChI is InChI=1S/C16H20N6O/c1-10-14(11(2)20-19-10)13-9-18-16-15(17-5-8-22(13)16)21-6-3-12(23)4-7-21/h5,8-9,12,23H,3-4,6-7H2,1-2H3,(H,19,20). The van der Waals surface area contributed by atoms with Gasteiger partial charge in [0.25, 0.3) is 0 Å². The highest BCUT2D eigenvalue weighted by Gasteiger charge is 2.22. The zero-order chi connectivity index (χ0) is 16.0. The molecule has 120 valence electrons. The average Bonchev–Trinajstić information content (AvgIpc) is 3.11. The van der Waals surface area contributed by atoms with Gasteiger partial charge in [-0.05, 0) is 26.7 Å². The van der Waals surface area contributed by atoms with Crippen molar-refractivity contribution in [1.29, 1.82) is 0 Å². The summed E-state index contributed by atoms with van der Waals surface area (Å²) in [5, 5.41) is 17.0. The summed E-state index contributed by atoms with van der Waals surface area (Å²) in [7, 11) is 0. The van der Waals surface area contributed by atoms with Gasteiger partial charge in [-0.1, -0.05) is 0 Å². The molecule has 0 aliphatic carbocycles. The molecule has 0 saturated carbocycles. The molecule has 0 radical (unpaired) electrons. The topological polar surface area (TPSA) is 82.3 Å². The van der Waals surface area contributed by atoms with Crippen molar-refractivity contribution in [2.45, 2.75) is 32.8 Å². The molecule has 4 heterocycles. The summed E-state index contributed by atoms with van der Waals surface area (Å²) in [4.78, 5) is 11.3. The van der Waals surface area contributed by atoms with E-state index in [0.29, 0.717) is 0 Å². The van der Waals surface area contributed by atoms with Gasteiger partial charge in [0, 0.05) is 36.7 Å². The Balaban J connectivity index is 1.81. The first-order valence-corrected chi connectivity index (χ1v) is 7.92. The summed E-state index contributed by atoms with van der Waals surface area (Å²) < 4.78 is 2.07. The Morgan fingerprint density at radius 2 is 2.00 bits per heavy atom. The van der Waals surface area contributed by atoms with Crippen molar-refractivity contribution in [3.8, 4) is 11.3 Å². The quantitative estimate of drug-likeness (QED) is 0.752. The molecule has 0 atom stereocenters. The van der Waals surface area contributed by atoms with Crippen molar-refractivity contribution < 1.29 is 5.11 Å². The predicted molar refractivity (Wildman–Crippen MR) is 87.5 cm³/mol. The first kappa shape index (κ1) is 14.2. The van der Waals surface area contributed by atoms with E-state index in [1.165, 1.54) is 0 Å². The summed E-state index contributed by atoms with van der Waals surface area (Å²) in [6.45, 7) is 5.62. The second-order valence-electron chi connectivity index (χ2n) is 6.12. The highest BCUT2D eigenvalue weighted by Crippen LogP contribution is 2.29. The molecule has 0 bridgehead atoms. The molecular formula is C16H20N6O. The maximum Gasteiger partial charge on any atom is 0.180 e. The summed E-state index contributed by atoms with van der Waals surface area (Å²) >= 11 is 0. The van der Waals surface area contributed by atoms with Crippen molar-refractivity contribution in [3.05, 3.63) is 30.0 Å². The van der Waals surface area contributed by atoms with Crippen LogP contribution in [0.3, 0.4) is 0 Å². The normalized spacial score (nSPS) is 16.4. The van der Waals surface area contributed by atoms with Gasteiger partial charge >= 0.3 is 0 Å². The lowest BCUT2D eigenvalue weighted by atomic mass is 10.1. The molecule has 0 spiro atoms. The van der Waals surface area contributed by atoms with E-state index >= 15 is 0 Å². The van der Waals surface area contributed by atoms with Crippen molar-refractivity contribution >= 4 is 11.5 Å². The number of nitrogens with one attached hydrogen (secondary N) is 1. The Morgan fingerprint density at radius 3 is 2.70 bits per heavy atom. The average molecular weight is 312 g/mol. The number of aromatic amines is 1. The highest BCUT2D eigenvalue weighted by molar-refractivity contribution is 5.73. The second-order valence-corrected chi connectivity index (χ2v) is 6.12. The third-order valence-electron chi connectivity index (χ3n) is 4.56. The number of imidazole rings is 1. The number of aliphatic hydroxyl groups is 1. The van der Waals surface area contributed by atoms with Gasteiger partial charge in [-0.2, -0.15) is 5.10 Å². The van der Waals surface area contributed by atoms with Crippen LogP contribution in [0, 0.1) is 13.8 Å². The molecule has 7 nitrogen and oxygen atoms in total. The minimum absolute atomic E-state index is 0.197. The van der Waals surface area contributed by atoms with Crippen LogP contribution in [-0.2, 0) is 0 Å². The van der Waals surface area contributed by atoms with Gasteiger partial charge in [0.2, 0.25) is 0 Å². The summed E-state index contributed by atoms with van der Waals surface area (Å²) in [5.74, 6) is 0.879. The van der Waals surface area contributed by atoms with E-state index in [9.17, 15) is 5.11 Å². The Labute approximate surface area is 134 Å². The van der Waals surface area contributed by atoms with E-state index in [1.54, 1.807) is 0 Å². The van der Waals surface area contributed by atoms with Gasteiger partial charge in [0.1, 0.15) is 0 Å². The summed E-state index contributed by atoms with van der Waals surface area (Å²) in [6.07, 6.45) is 6.98. The number of aliphatic hydroxyl groups excluding tert-OH is 1. The minimum Gasteiger partial charge on any atom is -0.393 e. The van der Waals surface area contributed by atoms with E-state index in [0.717, 1.165) is 60.0 Å². The molecule has 0 amide bonds. The second kappa shape index (κ2) is 5.34. The zero-order valence-electron chi connectivity index (χ0n) is 13.3. The highest BCUT2D eigenvalue weighted by atomic mass is 16.3. The third-order valence-corrected chi connectivity index (χ3v) is 4.56. The van der Waals surface area contributed by atoms with E-state index in [1.807, 2.05) is 32.4 Å². The maximum atomic E-state index is 9.70. The molecule has 3 aromatic rings. The molecule has 1 saturated heterocycles. The zero-order valence-corrected chi connectivity index (χ0v) is 13.3. The number of anilines is 1. The predicted octanol–water partition coefficient (Wildman–Crippen LogP) is 1.70. The van der Waals surface area contributed by atoms with Gasteiger partial charge in [-0.25, -0.2) is 9.97 Å². The number of fused-ring (bicyclic) bond motifs is 1. The Morgan fingerprint density at radius 1 is 1.22 bits per heavy atom. The van der Waals surface area contributed by atoms with Gasteiger partial charge in [0.05, 0.1) is 23.7 Å². The van der Waals surface area contributed by atoms with Crippen LogP contribution in [0.1, 0.15) is 24.2 Å². The lowest BCUT2D eigenvalue weighted by Crippen LogP contribution is -2.36. The third kappa shape index (κ3) is 2.28. The van der Waals surface area contributed by atoms with Crippen molar-refractivity contribution in [3.63, 3.8) is 0 Å². The van der Waals surface area contributed by atoms with E-state index < -0.39 is 0 Å². The number of H-pyrrole nitrogens is 1. The van der Waals surface area contributed by atoms with Crippen LogP contribution in [-0.4, -0.2) is 48.9 Å². The van der Waals surface area contributed by atoms with Crippen LogP contribution in [0.15, 0.2) is 18.6 Å². The fourth-order valence-corrected chi connectivity index (χ4v) is 3.32. The van der Waals surface area contributed by atoms with Crippen LogP contribution in [0.5, 0.6) is 0 Å². The number of aromatic nitrogens is 5. The molecule has 4 rings (SSSR count). The first-order valence-electron chi connectivity index (χ1n) is 7.92. The van der Waals surface area contributed by atoms with Crippen molar-refractivity contribution in [2.24, 2.45) is 0 Å². The van der Waals surface area contributed by atoms with Gasteiger partial charge < -0.3 is 10.0 Å². The SMILES string of the molecule is Cc1n[nH]c(C)c1-c1cnc2c(N3CCC(O)CC3)nccn12. The molecule has 2 N–H and O–H groups in total. The van der Waals surface area contributed by atoms with Crippen molar-refractivity contribution in [2.75, 3.05) is 18.0 Å². The van der Waals surface area contributed by atoms with Crippen LogP contribution in [0.2, 0.25) is 0 Å². The molecule has 0 aromatic carbocycles. The lowest BCUT2D eigenvalue weighted by molar-refractivity contribution is 0.145. The molecule has 7 heteroatoms. The van der Waals surface area contributed by atoms with E-state index in [4.69, 9.17) is 0 Å². The van der Waals surface area contributed by atoms with E-state index in [-0.39, 0.29) is 6.10 Å². The molecule has 1 aliphatic rings. The number of aryl methyl sites for hydroxylation is 2. The molecule has 1 fully saturated rings. The largest absolute Gasteiger partial charge is 0.393 e. The fraction of sp³-hybridized carbons (Fsp3) is 0.438. The maximum absolute atomic E-state index is 9.70. The molecule has 1 aliphatic heterocycles. The molecule has 3 aromatic heterocycles. The monoisotopic (exact) mass is 312 g/mol. The number of hydrogen-bond donors (Lipinski definition) is 2. The number of rotatable bonds is 2. The first-order chi connectivity index (χ1) is 11.1. The summed E-state index contributed by atoms with van der Waals surface area (Å²) in [5.41, 5.74) is 4.94. The molecule has 23 heavy (non-hydrogen) atoms. The smallest absolute Gasteiger partial charge is 0.180 e. The summed E-state index contributed by atoms with van der Waals surface area (Å²) in [6, 6.07) is 0. The number of hydrogen-bond acceptors (Lipinski definition) is 5. The van der Waals surface area contributed by atoms with Crippen LogP contribution in [0.25, 0.3) is 16.9 Å². The fourth-order valence-electron chi connectivity index (χ4n) is 3.32. The number of nitrogens with zero attached hydrogens (tertiary/aromatic N) is 5. The number of piperidine rings is 1. The van der Waals surface area contributed by atoms with E-state index in [2.05, 4.69) is 29.5 Å². The molecular weight excluding hydrogens is 292 g/mol. The minimum atomic E-state index is -0.197. The Bertz CT molecular complexity index is 824. The van der Waals surface area contributed by atoms with Crippen molar-refractivity contribution in [1.82, 2.24) is 24.6 Å². The Kier molecular flexibility index (Phi) is 3.30. The Hall–Kier alpha value is -2.41. The molecule has 0 unspecified atom stereocenters. The van der Waals surface area contributed by atoms with Gasteiger partial charge in [-0.15, -0.1) is 0 Å². The lowest BCUT2D eigenvalue weighted by Gasteiger charge is -2.30.